The van der Waals surface area contributed by atoms with E-state index in [2.05, 4.69) is 24.3 Å². The van der Waals surface area contributed by atoms with Crippen molar-refractivity contribution in [2.45, 2.75) is 13.0 Å². The fourth-order valence-corrected chi connectivity index (χ4v) is 1.83. The molecule has 2 aromatic rings. The van der Waals surface area contributed by atoms with Gasteiger partial charge >= 0.3 is 0 Å². The number of aliphatic hydroxyl groups excluding tert-OH is 1. The zero-order valence-electron chi connectivity index (χ0n) is 9.76. The van der Waals surface area contributed by atoms with Gasteiger partial charge in [-0.2, -0.15) is 0 Å². The Kier molecular flexibility index (Phi) is 3.91. The maximum atomic E-state index is 8.98. The smallest absolute Gasteiger partial charge is 0.0681 e. The molecule has 0 spiro atoms. The molecule has 0 atom stereocenters. The second-order valence-corrected chi connectivity index (χ2v) is 4.09. The third-order valence-electron chi connectivity index (χ3n) is 2.86. The van der Waals surface area contributed by atoms with Gasteiger partial charge < -0.3 is 10.8 Å². The van der Waals surface area contributed by atoms with E-state index in [0.29, 0.717) is 6.54 Å². The first-order valence-electron chi connectivity index (χ1n) is 5.82. The predicted octanol–water partition coefficient (Wildman–Crippen LogP) is 2.35. The highest BCUT2D eigenvalue weighted by Crippen LogP contribution is 2.20. The first kappa shape index (κ1) is 11.8. The van der Waals surface area contributed by atoms with E-state index in [-0.39, 0.29) is 6.61 Å². The van der Waals surface area contributed by atoms with Gasteiger partial charge in [0.2, 0.25) is 0 Å². The molecule has 2 nitrogen and oxygen atoms in total. The van der Waals surface area contributed by atoms with Crippen molar-refractivity contribution in [1.82, 2.24) is 0 Å². The normalized spacial score (nSPS) is 10.5. The zero-order chi connectivity index (χ0) is 12.1. The van der Waals surface area contributed by atoms with Crippen LogP contribution < -0.4 is 5.73 Å². The Hall–Kier alpha value is -1.64. The lowest BCUT2D eigenvalue weighted by Crippen LogP contribution is -2.02. The van der Waals surface area contributed by atoms with Crippen molar-refractivity contribution in [1.29, 1.82) is 0 Å². The van der Waals surface area contributed by atoms with E-state index < -0.39 is 0 Å². The van der Waals surface area contributed by atoms with Crippen LogP contribution in [0.15, 0.2) is 48.5 Å². The van der Waals surface area contributed by atoms with Gasteiger partial charge in [0, 0.05) is 0 Å². The Morgan fingerprint density at radius 1 is 0.765 bits per heavy atom. The number of hydrogen-bond donors (Lipinski definition) is 2. The Labute approximate surface area is 102 Å². The molecule has 0 saturated carbocycles. The SMILES string of the molecule is NCCc1ccc(-c2ccc(CO)cc2)cc1. The Morgan fingerprint density at radius 3 is 1.65 bits per heavy atom. The fourth-order valence-electron chi connectivity index (χ4n) is 1.83. The third-order valence-corrected chi connectivity index (χ3v) is 2.86. The van der Waals surface area contributed by atoms with Crippen molar-refractivity contribution >= 4 is 0 Å². The summed E-state index contributed by atoms with van der Waals surface area (Å²) in [5, 5.41) is 8.98. The Bertz CT molecular complexity index is 459. The highest BCUT2D eigenvalue weighted by molar-refractivity contribution is 5.63. The van der Waals surface area contributed by atoms with E-state index in [4.69, 9.17) is 10.8 Å². The summed E-state index contributed by atoms with van der Waals surface area (Å²) in [7, 11) is 0. The van der Waals surface area contributed by atoms with Crippen LogP contribution in [0, 0.1) is 0 Å². The summed E-state index contributed by atoms with van der Waals surface area (Å²) in [6.07, 6.45) is 0.920. The van der Waals surface area contributed by atoms with E-state index in [1.54, 1.807) is 0 Å². The quantitative estimate of drug-likeness (QED) is 0.842. The molecular formula is C15H17NO. The van der Waals surface area contributed by atoms with Crippen LogP contribution in [0.4, 0.5) is 0 Å². The zero-order valence-corrected chi connectivity index (χ0v) is 9.76. The lowest BCUT2D eigenvalue weighted by Gasteiger charge is -2.04. The molecule has 0 fully saturated rings. The lowest BCUT2D eigenvalue weighted by molar-refractivity contribution is 0.282. The fraction of sp³-hybridized carbons (Fsp3) is 0.200. The monoisotopic (exact) mass is 227 g/mol. The molecule has 17 heavy (non-hydrogen) atoms. The first-order chi connectivity index (χ1) is 8.33. The summed E-state index contributed by atoms with van der Waals surface area (Å²) < 4.78 is 0. The van der Waals surface area contributed by atoms with Gasteiger partial charge in [0.25, 0.3) is 0 Å². The van der Waals surface area contributed by atoms with Crippen molar-refractivity contribution in [2.75, 3.05) is 6.54 Å². The van der Waals surface area contributed by atoms with Crippen molar-refractivity contribution in [3.8, 4) is 11.1 Å². The topological polar surface area (TPSA) is 46.2 Å². The number of nitrogens with two attached hydrogens (primary N) is 1. The van der Waals surface area contributed by atoms with Gasteiger partial charge in [-0.15, -0.1) is 0 Å². The molecule has 0 radical (unpaired) electrons. The Morgan fingerprint density at radius 2 is 1.24 bits per heavy atom. The van der Waals surface area contributed by atoms with E-state index in [1.807, 2.05) is 24.3 Å². The van der Waals surface area contributed by atoms with Gasteiger partial charge in [-0.25, -0.2) is 0 Å². The second kappa shape index (κ2) is 5.62. The summed E-state index contributed by atoms with van der Waals surface area (Å²) in [4.78, 5) is 0. The molecule has 0 aliphatic rings. The maximum absolute atomic E-state index is 8.98. The Balaban J connectivity index is 2.20. The molecule has 2 rings (SSSR count). The second-order valence-electron chi connectivity index (χ2n) is 4.09. The van der Waals surface area contributed by atoms with Crippen molar-refractivity contribution in [3.05, 3.63) is 59.7 Å². The molecule has 0 saturated heterocycles. The standard InChI is InChI=1S/C15H17NO/c16-10-9-12-1-5-14(6-2-12)15-7-3-13(11-17)4-8-15/h1-8,17H,9-11,16H2. The summed E-state index contributed by atoms with van der Waals surface area (Å²) >= 11 is 0. The van der Waals surface area contributed by atoms with Gasteiger partial charge in [0.15, 0.2) is 0 Å². The van der Waals surface area contributed by atoms with Crippen molar-refractivity contribution in [2.24, 2.45) is 5.73 Å². The van der Waals surface area contributed by atoms with Gasteiger partial charge in [-0.1, -0.05) is 48.5 Å². The highest BCUT2D eigenvalue weighted by Gasteiger charge is 1.98. The molecule has 88 valence electrons. The van der Waals surface area contributed by atoms with Crippen LogP contribution in [0.1, 0.15) is 11.1 Å². The summed E-state index contributed by atoms with van der Waals surface area (Å²) in [6.45, 7) is 0.778. The van der Waals surface area contributed by atoms with E-state index >= 15 is 0 Å². The molecule has 0 aliphatic heterocycles. The minimum absolute atomic E-state index is 0.0930. The molecule has 2 heteroatoms. The van der Waals surface area contributed by atoms with Gasteiger partial charge in [0.1, 0.15) is 0 Å². The minimum Gasteiger partial charge on any atom is -0.392 e. The van der Waals surface area contributed by atoms with Crippen molar-refractivity contribution in [3.63, 3.8) is 0 Å². The predicted molar refractivity (Wildman–Crippen MR) is 70.6 cm³/mol. The van der Waals surface area contributed by atoms with Crippen LogP contribution in [-0.4, -0.2) is 11.7 Å². The van der Waals surface area contributed by atoms with Crippen molar-refractivity contribution < 1.29 is 5.11 Å². The molecule has 0 unspecified atom stereocenters. The molecule has 0 bridgehead atoms. The average molecular weight is 227 g/mol. The van der Waals surface area contributed by atoms with Crippen LogP contribution in [0.3, 0.4) is 0 Å². The number of benzene rings is 2. The van der Waals surface area contributed by atoms with E-state index in [0.717, 1.165) is 12.0 Å². The molecule has 0 aromatic heterocycles. The van der Waals surface area contributed by atoms with Gasteiger partial charge in [-0.05, 0) is 35.2 Å². The first-order valence-corrected chi connectivity index (χ1v) is 5.82. The average Bonchev–Trinajstić information content (AvgIpc) is 2.40. The molecule has 0 heterocycles. The number of aliphatic hydroxyl groups is 1. The van der Waals surface area contributed by atoms with Crippen LogP contribution >= 0.6 is 0 Å². The minimum atomic E-state index is 0.0930. The van der Waals surface area contributed by atoms with E-state index in [9.17, 15) is 0 Å². The molecule has 3 N–H and O–H groups in total. The highest BCUT2D eigenvalue weighted by atomic mass is 16.3. The lowest BCUT2D eigenvalue weighted by atomic mass is 10.0. The largest absolute Gasteiger partial charge is 0.392 e. The summed E-state index contributed by atoms with van der Waals surface area (Å²) in [5.41, 5.74) is 10.1. The number of rotatable bonds is 4. The van der Waals surface area contributed by atoms with Crippen LogP contribution in [0.5, 0.6) is 0 Å². The van der Waals surface area contributed by atoms with Gasteiger partial charge in [0.05, 0.1) is 6.61 Å². The molecular weight excluding hydrogens is 210 g/mol. The summed E-state index contributed by atoms with van der Waals surface area (Å²) in [6, 6.07) is 16.4. The van der Waals surface area contributed by atoms with Crippen LogP contribution in [-0.2, 0) is 13.0 Å². The molecule has 2 aromatic carbocycles. The maximum Gasteiger partial charge on any atom is 0.0681 e. The third kappa shape index (κ3) is 2.93. The number of hydrogen-bond acceptors (Lipinski definition) is 2. The van der Waals surface area contributed by atoms with E-state index in [1.165, 1.54) is 16.7 Å². The van der Waals surface area contributed by atoms with Crippen LogP contribution in [0.2, 0.25) is 0 Å². The molecule has 0 amide bonds. The summed E-state index contributed by atoms with van der Waals surface area (Å²) in [5.74, 6) is 0. The van der Waals surface area contributed by atoms with Crippen LogP contribution in [0.25, 0.3) is 11.1 Å². The molecule has 0 aliphatic carbocycles. The van der Waals surface area contributed by atoms with Gasteiger partial charge in [-0.3, -0.25) is 0 Å².